The smallest absolute Gasteiger partial charge is 0.214 e. The maximum atomic E-state index is 7.71. The first kappa shape index (κ1) is 12.9. The number of nitrogens with zero attached hydrogens (tertiary/aromatic N) is 1. The molecule has 20 heavy (non-hydrogen) atoms. The van der Waals surface area contributed by atoms with Crippen LogP contribution >= 0.6 is 0 Å². The Bertz CT molecular complexity index is 633. The lowest BCUT2D eigenvalue weighted by atomic mass is 10.1. The third-order valence-electron chi connectivity index (χ3n) is 3.92. The van der Waals surface area contributed by atoms with E-state index >= 15 is 0 Å². The van der Waals surface area contributed by atoms with Crippen LogP contribution in [0.4, 0.5) is 0 Å². The molecule has 1 aromatic carbocycles. The molecule has 104 valence electrons. The van der Waals surface area contributed by atoms with Crippen molar-refractivity contribution in [1.82, 2.24) is 4.98 Å². The zero-order chi connectivity index (χ0) is 13.9. The molecule has 3 N–H and O–H groups in total. The van der Waals surface area contributed by atoms with E-state index in [9.17, 15) is 0 Å². The van der Waals surface area contributed by atoms with Gasteiger partial charge in [-0.2, -0.15) is 0 Å². The number of amidine groups is 1. The van der Waals surface area contributed by atoms with E-state index < -0.39 is 0 Å². The van der Waals surface area contributed by atoms with Crippen LogP contribution in [-0.2, 0) is 0 Å². The molecule has 0 aliphatic heterocycles. The molecule has 1 heterocycles. The van der Waals surface area contributed by atoms with E-state index in [0.29, 0.717) is 24.0 Å². The number of aromatic nitrogens is 1. The maximum Gasteiger partial charge on any atom is 0.214 e. The van der Waals surface area contributed by atoms with E-state index in [4.69, 9.17) is 15.9 Å². The summed E-state index contributed by atoms with van der Waals surface area (Å²) < 4.78 is 5.83. The van der Waals surface area contributed by atoms with Crippen molar-refractivity contribution in [2.24, 2.45) is 11.7 Å². The average molecular weight is 269 g/mol. The van der Waals surface area contributed by atoms with Gasteiger partial charge in [-0.1, -0.05) is 31.0 Å². The molecule has 1 aliphatic carbocycles. The first-order valence-electron chi connectivity index (χ1n) is 7.11. The van der Waals surface area contributed by atoms with Gasteiger partial charge in [0.1, 0.15) is 5.84 Å². The maximum absolute atomic E-state index is 7.71. The number of nitrogen functional groups attached to an aromatic ring is 1. The Morgan fingerprint density at radius 3 is 2.80 bits per heavy atom. The lowest BCUT2D eigenvalue weighted by molar-refractivity contribution is 0.244. The number of hydrogen-bond acceptors (Lipinski definition) is 3. The summed E-state index contributed by atoms with van der Waals surface area (Å²) in [6, 6.07) is 9.49. The van der Waals surface area contributed by atoms with Gasteiger partial charge < -0.3 is 10.5 Å². The topological polar surface area (TPSA) is 72.0 Å². The SMILES string of the molecule is N=C(N)c1cc(OCC2CCCC2)nc2ccccc12. The van der Waals surface area contributed by atoms with Crippen LogP contribution in [0.15, 0.2) is 30.3 Å². The largest absolute Gasteiger partial charge is 0.477 e. The van der Waals surface area contributed by atoms with Crippen LogP contribution in [0, 0.1) is 11.3 Å². The highest BCUT2D eigenvalue weighted by Crippen LogP contribution is 2.26. The molecule has 3 rings (SSSR count). The Labute approximate surface area is 118 Å². The fourth-order valence-electron chi connectivity index (χ4n) is 2.83. The van der Waals surface area contributed by atoms with E-state index in [0.717, 1.165) is 10.9 Å². The number of nitrogens with two attached hydrogens (primary N) is 1. The van der Waals surface area contributed by atoms with E-state index in [1.54, 1.807) is 6.07 Å². The molecule has 0 saturated heterocycles. The van der Waals surface area contributed by atoms with Crippen molar-refractivity contribution in [1.29, 1.82) is 5.41 Å². The predicted octanol–water partition coefficient (Wildman–Crippen LogP) is 3.09. The van der Waals surface area contributed by atoms with Gasteiger partial charge in [-0.25, -0.2) is 4.98 Å². The first-order valence-corrected chi connectivity index (χ1v) is 7.11. The van der Waals surface area contributed by atoms with Crippen molar-refractivity contribution < 1.29 is 4.74 Å². The van der Waals surface area contributed by atoms with Gasteiger partial charge in [0.05, 0.1) is 12.1 Å². The van der Waals surface area contributed by atoms with Gasteiger partial charge >= 0.3 is 0 Å². The molecule has 0 radical (unpaired) electrons. The van der Waals surface area contributed by atoms with Gasteiger partial charge in [-0.3, -0.25) is 5.41 Å². The van der Waals surface area contributed by atoms with Crippen LogP contribution in [0.25, 0.3) is 10.9 Å². The Kier molecular flexibility index (Phi) is 3.54. The van der Waals surface area contributed by atoms with Gasteiger partial charge in [0.25, 0.3) is 0 Å². The number of pyridine rings is 1. The Balaban J connectivity index is 1.88. The van der Waals surface area contributed by atoms with Crippen molar-refractivity contribution in [3.63, 3.8) is 0 Å². The van der Waals surface area contributed by atoms with Crippen LogP contribution < -0.4 is 10.5 Å². The predicted molar refractivity (Wildman–Crippen MR) is 80.2 cm³/mol. The van der Waals surface area contributed by atoms with Crippen LogP contribution in [0.2, 0.25) is 0 Å². The summed E-state index contributed by atoms with van der Waals surface area (Å²) in [5, 5.41) is 8.60. The molecule has 1 fully saturated rings. The lowest BCUT2D eigenvalue weighted by Crippen LogP contribution is -2.14. The van der Waals surface area contributed by atoms with Crippen molar-refractivity contribution in [3.8, 4) is 5.88 Å². The summed E-state index contributed by atoms with van der Waals surface area (Å²) in [5.74, 6) is 1.26. The van der Waals surface area contributed by atoms with Crippen LogP contribution in [0.1, 0.15) is 31.2 Å². The Hall–Kier alpha value is -2.10. The number of hydrogen-bond donors (Lipinski definition) is 2. The van der Waals surface area contributed by atoms with Crippen molar-refractivity contribution in [3.05, 3.63) is 35.9 Å². The molecule has 0 unspecified atom stereocenters. The fraction of sp³-hybridized carbons (Fsp3) is 0.375. The van der Waals surface area contributed by atoms with Crippen LogP contribution in [0.3, 0.4) is 0 Å². The minimum atomic E-state index is 0.0503. The van der Waals surface area contributed by atoms with Crippen LogP contribution in [-0.4, -0.2) is 17.4 Å². The molecule has 0 bridgehead atoms. The highest BCUT2D eigenvalue weighted by molar-refractivity contribution is 6.06. The van der Waals surface area contributed by atoms with Gasteiger partial charge in [0.15, 0.2) is 0 Å². The number of nitrogens with one attached hydrogen (secondary N) is 1. The number of rotatable bonds is 4. The van der Waals surface area contributed by atoms with Gasteiger partial charge in [-0.15, -0.1) is 0 Å². The Morgan fingerprint density at radius 2 is 2.05 bits per heavy atom. The van der Waals surface area contributed by atoms with E-state index in [2.05, 4.69) is 4.98 Å². The zero-order valence-corrected chi connectivity index (χ0v) is 11.4. The third kappa shape index (κ3) is 2.59. The minimum Gasteiger partial charge on any atom is -0.477 e. The molecule has 4 heteroatoms. The van der Waals surface area contributed by atoms with Crippen molar-refractivity contribution >= 4 is 16.7 Å². The van der Waals surface area contributed by atoms with E-state index in [1.165, 1.54) is 25.7 Å². The molecule has 0 atom stereocenters. The third-order valence-corrected chi connectivity index (χ3v) is 3.92. The number of para-hydroxylation sites is 1. The summed E-state index contributed by atoms with van der Waals surface area (Å²) in [7, 11) is 0. The normalized spacial score (nSPS) is 15.6. The summed E-state index contributed by atoms with van der Waals surface area (Å²) in [6.07, 6.45) is 5.09. The van der Waals surface area contributed by atoms with Gasteiger partial charge in [0, 0.05) is 17.0 Å². The average Bonchev–Trinajstić information content (AvgIpc) is 2.97. The second kappa shape index (κ2) is 5.49. The zero-order valence-electron chi connectivity index (χ0n) is 11.4. The quantitative estimate of drug-likeness (QED) is 0.661. The molecule has 1 aromatic heterocycles. The minimum absolute atomic E-state index is 0.0503. The molecule has 0 amide bonds. The summed E-state index contributed by atoms with van der Waals surface area (Å²) in [5.41, 5.74) is 7.18. The van der Waals surface area contributed by atoms with Gasteiger partial charge in [0.2, 0.25) is 5.88 Å². The highest BCUT2D eigenvalue weighted by atomic mass is 16.5. The molecular weight excluding hydrogens is 250 g/mol. The van der Waals surface area contributed by atoms with Gasteiger partial charge in [-0.05, 0) is 24.8 Å². The molecule has 2 aromatic rings. The van der Waals surface area contributed by atoms with E-state index in [1.807, 2.05) is 24.3 Å². The summed E-state index contributed by atoms with van der Waals surface area (Å²) in [6.45, 7) is 0.711. The van der Waals surface area contributed by atoms with E-state index in [-0.39, 0.29) is 5.84 Å². The standard InChI is InChI=1S/C16H19N3O/c17-16(18)13-9-15(20-10-11-5-1-2-6-11)19-14-8-4-3-7-12(13)14/h3-4,7-9,11H,1-2,5-6,10H2,(H3,17,18). The van der Waals surface area contributed by atoms with Crippen LogP contribution in [0.5, 0.6) is 5.88 Å². The fourth-order valence-corrected chi connectivity index (χ4v) is 2.83. The number of ether oxygens (including phenoxy) is 1. The molecule has 1 saturated carbocycles. The second-order valence-electron chi connectivity index (χ2n) is 5.40. The van der Waals surface area contributed by atoms with Crippen molar-refractivity contribution in [2.75, 3.05) is 6.61 Å². The lowest BCUT2D eigenvalue weighted by Gasteiger charge is -2.12. The molecule has 0 spiro atoms. The highest BCUT2D eigenvalue weighted by Gasteiger charge is 2.16. The second-order valence-corrected chi connectivity index (χ2v) is 5.40. The summed E-state index contributed by atoms with van der Waals surface area (Å²) in [4.78, 5) is 4.50. The molecule has 4 nitrogen and oxygen atoms in total. The number of benzene rings is 1. The molecule has 1 aliphatic rings. The molecular formula is C16H19N3O. The monoisotopic (exact) mass is 269 g/mol. The van der Waals surface area contributed by atoms with Crippen molar-refractivity contribution in [2.45, 2.75) is 25.7 Å². The number of fused-ring (bicyclic) bond motifs is 1. The summed E-state index contributed by atoms with van der Waals surface area (Å²) >= 11 is 0. The Morgan fingerprint density at radius 1 is 1.30 bits per heavy atom. The first-order chi connectivity index (χ1) is 9.74.